The van der Waals surface area contributed by atoms with Crippen LogP contribution >= 0.6 is 33.8 Å². The Kier molecular flexibility index (Phi) is 6.68. The molecule has 1 aromatic heterocycles. The SMILES string of the molecule is CCC(=O)NCc1ccc(N(C)C(c2cccs2)[SH]2C=CC=C2Cl)cc1C. The van der Waals surface area contributed by atoms with E-state index in [9.17, 15) is 4.79 Å². The van der Waals surface area contributed by atoms with Crippen LogP contribution in [0, 0.1) is 6.92 Å². The summed E-state index contributed by atoms with van der Waals surface area (Å²) in [6.07, 6.45) is 4.58. The van der Waals surface area contributed by atoms with Gasteiger partial charge in [-0.05, 0) is 53.1 Å². The predicted molar refractivity (Wildman–Crippen MR) is 121 cm³/mol. The zero-order chi connectivity index (χ0) is 19.4. The summed E-state index contributed by atoms with van der Waals surface area (Å²) in [5.74, 6) is 0.0746. The highest BCUT2D eigenvalue weighted by Gasteiger charge is 2.27. The van der Waals surface area contributed by atoms with E-state index in [2.05, 4.69) is 71.4 Å². The van der Waals surface area contributed by atoms with E-state index in [1.807, 2.05) is 13.0 Å². The summed E-state index contributed by atoms with van der Waals surface area (Å²) in [5.41, 5.74) is 3.48. The maximum absolute atomic E-state index is 11.5. The van der Waals surface area contributed by atoms with Crippen LogP contribution in [0.4, 0.5) is 5.69 Å². The molecule has 6 heteroatoms. The highest BCUT2D eigenvalue weighted by molar-refractivity contribution is 8.24. The van der Waals surface area contributed by atoms with Gasteiger partial charge in [0.15, 0.2) is 0 Å². The van der Waals surface area contributed by atoms with E-state index < -0.39 is 10.9 Å². The van der Waals surface area contributed by atoms with Crippen LogP contribution in [0.1, 0.15) is 34.7 Å². The fraction of sp³-hybridized carbons (Fsp3) is 0.286. The third-order valence-corrected chi connectivity index (χ3v) is 8.78. The molecule has 3 rings (SSSR count). The normalized spacial score (nSPS) is 18.2. The minimum Gasteiger partial charge on any atom is -0.359 e. The second-order valence-electron chi connectivity index (χ2n) is 6.48. The minimum absolute atomic E-state index is 0.0746. The van der Waals surface area contributed by atoms with Gasteiger partial charge < -0.3 is 10.2 Å². The number of carbonyl (C=O) groups excluding carboxylic acids is 1. The number of thiophene rings is 1. The number of thiol groups is 1. The molecule has 2 atom stereocenters. The highest BCUT2D eigenvalue weighted by atomic mass is 35.5. The molecule has 27 heavy (non-hydrogen) atoms. The number of rotatable bonds is 7. The number of amides is 1. The van der Waals surface area contributed by atoms with Crippen LogP contribution in [0.15, 0.2) is 57.6 Å². The second-order valence-corrected chi connectivity index (χ2v) is 10.2. The van der Waals surface area contributed by atoms with E-state index in [4.69, 9.17) is 11.6 Å². The van der Waals surface area contributed by atoms with Crippen LogP contribution in [0.2, 0.25) is 0 Å². The van der Waals surface area contributed by atoms with E-state index in [0.717, 1.165) is 15.6 Å². The highest BCUT2D eigenvalue weighted by Crippen LogP contribution is 2.57. The minimum atomic E-state index is -0.593. The van der Waals surface area contributed by atoms with Crippen molar-refractivity contribution >= 4 is 45.4 Å². The average Bonchev–Trinajstić information content (AvgIpc) is 3.33. The van der Waals surface area contributed by atoms with E-state index in [-0.39, 0.29) is 11.3 Å². The Morgan fingerprint density at radius 1 is 1.37 bits per heavy atom. The molecule has 2 unspecified atom stereocenters. The van der Waals surface area contributed by atoms with E-state index in [0.29, 0.717) is 13.0 Å². The van der Waals surface area contributed by atoms with Crippen molar-refractivity contribution in [3.8, 4) is 0 Å². The number of benzene rings is 1. The van der Waals surface area contributed by atoms with Crippen molar-refractivity contribution < 1.29 is 4.79 Å². The molecule has 0 radical (unpaired) electrons. The Morgan fingerprint density at radius 2 is 2.19 bits per heavy atom. The number of anilines is 1. The molecular weight excluding hydrogens is 396 g/mol. The zero-order valence-corrected chi connectivity index (χ0v) is 18.2. The predicted octanol–water partition coefficient (Wildman–Crippen LogP) is 5.83. The summed E-state index contributed by atoms with van der Waals surface area (Å²) in [4.78, 5) is 15.2. The Bertz CT molecular complexity index is 861. The summed E-state index contributed by atoms with van der Waals surface area (Å²) < 4.78 is 0.936. The van der Waals surface area contributed by atoms with Crippen molar-refractivity contribution in [3.63, 3.8) is 0 Å². The standard InChI is InChI=1S/C21H25ClN2OS2/c1-4-20(25)23-14-16-9-10-17(13-15(16)2)24(3)21(18-7-5-11-26-18)27-12-6-8-19(27)22/h5-13,21,27H,4,14H2,1-3H3,(H,23,25). The molecule has 0 saturated heterocycles. The fourth-order valence-electron chi connectivity index (χ4n) is 3.08. The maximum Gasteiger partial charge on any atom is 0.219 e. The van der Waals surface area contributed by atoms with Crippen LogP contribution in [0.25, 0.3) is 0 Å². The third kappa shape index (κ3) is 4.60. The van der Waals surface area contributed by atoms with Gasteiger partial charge in [-0.2, -0.15) is 10.9 Å². The molecule has 0 spiro atoms. The van der Waals surface area contributed by atoms with Crippen molar-refractivity contribution in [3.05, 3.63) is 73.6 Å². The number of nitrogens with one attached hydrogen (secondary N) is 1. The molecule has 0 fully saturated rings. The molecule has 1 aromatic carbocycles. The molecule has 0 bridgehead atoms. The molecule has 0 aliphatic carbocycles. The van der Waals surface area contributed by atoms with Gasteiger partial charge in [-0.1, -0.05) is 36.7 Å². The molecule has 1 aliphatic heterocycles. The number of aryl methyl sites for hydroxylation is 1. The average molecular weight is 421 g/mol. The van der Waals surface area contributed by atoms with Gasteiger partial charge in [0.25, 0.3) is 0 Å². The molecule has 2 heterocycles. The number of nitrogens with zero attached hydrogens (tertiary/aromatic N) is 1. The quantitative estimate of drug-likeness (QED) is 0.552. The summed E-state index contributed by atoms with van der Waals surface area (Å²) in [6, 6.07) is 10.7. The van der Waals surface area contributed by atoms with E-state index >= 15 is 0 Å². The smallest absolute Gasteiger partial charge is 0.219 e. The van der Waals surface area contributed by atoms with Crippen molar-refractivity contribution in [1.82, 2.24) is 5.32 Å². The lowest BCUT2D eigenvalue weighted by Crippen LogP contribution is -2.24. The van der Waals surface area contributed by atoms with Gasteiger partial charge >= 0.3 is 0 Å². The lowest BCUT2D eigenvalue weighted by molar-refractivity contribution is -0.120. The molecule has 0 saturated carbocycles. The summed E-state index contributed by atoms with van der Waals surface area (Å²) in [5, 5.41) is 7.52. The van der Waals surface area contributed by atoms with E-state index in [1.54, 1.807) is 11.3 Å². The number of allylic oxidation sites excluding steroid dienone is 2. The first-order valence-corrected chi connectivity index (χ1v) is 11.7. The second kappa shape index (κ2) is 9.00. The topological polar surface area (TPSA) is 32.3 Å². The van der Waals surface area contributed by atoms with Crippen molar-refractivity contribution in [2.75, 3.05) is 11.9 Å². The number of halogens is 1. The van der Waals surface area contributed by atoms with Crippen molar-refractivity contribution in [2.45, 2.75) is 32.2 Å². The maximum atomic E-state index is 11.5. The fourth-order valence-corrected chi connectivity index (χ4v) is 6.81. The first-order valence-electron chi connectivity index (χ1n) is 8.96. The molecule has 144 valence electrons. The Morgan fingerprint density at radius 3 is 2.78 bits per heavy atom. The van der Waals surface area contributed by atoms with Gasteiger partial charge in [-0.25, -0.2) is 0 Å². The van der Waals surface area contributed by atoms with Crippen LogP contribution < -0.4 is 10.2 Å². The van der Waals surface area contributed by atoms with Gasteiger partial charge in [-0.15, -0.1) is 11.3 Å². The number of carbonyl (C=O) groups is 1. The first-order chi connectivity index (χ1) is 13.0. The van der Waals surface area contributed by atoms with Gasteiger partial charge in [0, 0.05) is 30.6 Å². The first kappa shape index (κ1) is 20.1. The lowest BCUT2D eigenvalue weighted by Gasteiger charge is -2.35. The summed E-state index contributed by atoms with van der Waals surface area (Å²) in [7, 11) is 1.54. The molecular formula is C21H25ClN2OS2. The molecule has 3 nitrogen and oxygen atoms in total. The molecule has 1 amide bonds. The Balaban J connectivity index is 1.85. The summed E-state index contributed by atoms with van der Waals surface area (Å²) >= 11 is 8.30. The van der Waals surface area contributed by atoms with Gasteiger partial charge in [-0.3, -0.25) is 4.79 Å². The van der Waals surface area contributed by atoms with Gasteiger partial charge in [0.2, 0.25) is 5.91 Å². The van der Waals surface area contributed by atoms with Gasteiger partial charge in [0.05, 0.1) is 9.74 Å². The monoisotopic (exact) mass is 420 g/mol. The van der Waals surface area contributed by atoms with Crippen molar-refractivity contribution in [1.29, 1.82) is 0 Å². The molecule has 1 aliphatic rings. The summed E-state index contributed by atoms with van der Waals surface area (Å²) in [6.45, 7) is 4.53. The Labute approximate surface area is 173 Å². The third-order valence-electron chi connectivity index (χ3n) is 4.69. The van der Waals surface area contributed by atoms with Gasteiger partial charge in [0.1, 0.15) is 0 Å². The van der Waals surface area contributed by atoms with Crippen LogP contribution in [0.5, 0.6) is 0 Å². The van der Waals surface area contributed by atoms with Crippen LogP contribution in [-0.2, 0) is 11.3 Å². The number of hydrogen-bond donors (Lipinski definition) is 2. The molecule has 1 N–H and O–H groups in total. The number of hydrogen-bond acceptors (Lipinski definition) is 3. The Hall–Kier alpha value is -1.69. The van der Waals surface area contributed by atoms with E-state index in [1.165, 1.54) is 10.4 Å². The molecule has 2 aromatic rings. The largest absolute Gasteiger partial charge is 0.359 e. The zero-order valence-electron chi connectivity index (χ0n) is 15.8. The van der Waals surface area contributed by atoms with Crippen LogP contribution in [-0.4, -0.2) is 13.0 Å². The lowest BCUT2D eigenvalue weighted by atomic mass is 10.1. The van der Waals surface area contributed by atoms with Crippen molar-refractivity contribution in [2.24, 2.45) is 0 Å². The van der Waals surface area contributed by atoms with Crippen LogP contribution in [0.3, 0.4) is 0 Å².